The van der Waals surface area contributed by atoms with Gasteiger partial charge in [-0.2, -0.15) is 0 Å². The maximum absolute atomic E-state index is 12.8. The van der Waals surface area contributed by atoms with Gasteiger partial charge in [0, 0.05) is 19.3 Å². The fraction of sp³-hybridized carbons (Fsp3) is 0.729. The molecule has 6 heteroatoms. The molecule has 6 nitrogen and oxygen atoms in total. The molecule has 436 valence electrons. The summed E-state index contributed by atoms with van der Waals surface area (Å²) in [5, 5.41) is 0. The standard InChI is InChI=1S/C70H120O6/c1-4-7-10-13-16-19-21-23-25-26-27-28-29-30-31-32-33-34-35-36-37-38-39-40-41-42-43-44-46-47-49-51-54-57-60-63-69(72)75-66-67(65-74-68(71)62-59-56-53-18-15-12-9-6-3)76-70(73)64-61-58-55-52-50-48-45-24-22-20-17-14-11-8-5-2/h7,10,16-17,19-20,23-25,27-28,30-31,33-34,45,67H,4-6,8-9,11-15,18,21-22,26,29,32,35-44,46-66H2,1-3H3/b10-7-,19-16-,20-17-,25-23-,28-27-,31-30-,34-33-,45-24-. The van der Waals surface area contributed by atoms with Crippen LogP contribution in [0.15, 0.2) is 97.2 Å². The minimum absolute atomic E-state index is 0.0790. The van der Waals surface area contributed by atoms with Crippen LogP contribution in [0, 0.1) is 0 Å². The normalized spacial score (nSPS) is 12.7. The Kier molecular flexibility index (Phi) is 60.8. The molecule has 0 aliphatic heterocycles. The van der Waals surface area contributed by atoms with Gasteiger partial charge in [0.15, 0.2) is 6.10 Å². The van der Waals surface area contributed by atoms with Crippen LogP contribution in [0.5, 0.6) is 0 Å². The molecular weight excluding hydrogens is 937 g/mol. The summed E-state index contributed by atoms with van der Waals surface area (Å²) < 4.78 is 16.8. The van der Waals surface area contributed by atoms with E-state index in [2.05, 4.69) is 118 Å². The molecule has 0 saturated heterocycles. The summed E-state index contributed by atoms with van der Waals surface area (Å²) in [4.78, 5) is 38.1. The van der Waals surface area contributed by atoms with Gasteiger partial charge in [-0.3, -0.25) is 14.4 Å². The van der Waals surface area contributed by atoms with Crippen LogP contribution >= 0.6 is 0 Å². The van der Waals surface area contributed by atoms with Gasteiger partial charge < -0.3 is 14.2 Å². The van der Waals surface area contributed by atoms with Gasteiger partial charge in [-0.25, -0.2) is 0 Å². The highest BCUT2D eigenvalue weighted by Crippen LogP contribution is 2.16. The molecule has 0 rings (SSSR count). The molecule has 0 N–H and O–H groups in total. The van der Waals surface area contributed by atoms with Crippen LogP contribution in [0.25, 0.3) is 0 Å². The molecular formula is C70H120O6. The quantitative estimate of drug-likeness (QED) is 0.0261. The van der Waals surface area contributed by atoms with Crippen LogP contribution in [0.1, 0.15) is 310 Å². The van der Waals surface area contributed by atoms with E-state index in [0.717, 1.165) is 122 Å². The van der Waals surface area contributed by atoms with E-state index in [-0.39, 0.29) is 31.1 Å². The second-order valence-electron chi connectivity index (χ2n) is 21.3. The summed E-state index contributed by atoms with van der Waals surface area (Å²) in [6.45, 7) is 6.48. The number of hydrogen-bond donors (Lipinski definition) is 0. The highest BCUT2D eigenvalue weighted by molar-refractivity contribution is 5.71. The molecule has 0 aromatic rings. The summed E-state index contributed by atoms with van der Waals surface area (Å²) in [6.07, 6.45) is 85.9. The lowest BCUT2D eigenvalue weighted by atomic mass is 10.0. The Hall–Kier alpha value is -3.67. The molecule has 0 amide bonds. The predicted octanol–water partition coefficient (Wildman–Crippen LogP) is 22.0. The van der Waals surface area contributed by atoms with E-state index >= 15 is 0 Å². The molecule has 0 aromatic heterocycles. The van der Waals surface area contributed by atoms with Crippen molar-refractivity contribution in [3.05, 3.63) is 97.2 Å². The molecule has 1 unspecified atom stereocenters. The van der Waals surface area contributed by atoms with Crippen LogP contribution in [-0.2, 0) is 28.6 Å². The lowest BCUT2D eigenvalue weighted by Crippen LogP contribution is -2.30. The molecule has 0 aliphatic rings. The van der Waals surface area contributed by atoms with E-state index < -0.39 is 6.10 Å². The Morgan fingerprint density at radius 3 is 0.829 bits per heavy atom. The van der Waals surface area contributed by atoms with Crippen LogP contribution in [-0.4, -0.2) is 37.2 Å². The first-order chi connectivity index (χ1) is 37.5. The zero-order valence-corrected chi connectivity index (χ0v) is 50.0. The Bertz CT molecular complexity index is 1490. The van der Waals surface area contributed by atoms with E-state index in [1.807, 2.05) is 0 Å². The van der Waals surface area contributed by atoms with Gasteiger partial charge in [0.25, 0.3) is 0 Å². The molecule has 0 aromatic carbocycles. The number of carbonyl (C=O) groups excluding carboxylic acids is 3. The summed E-state index contributed by atoms with van der Waals surface area (Å²) in [6, 6.07) is 0. The maximum atomic E-state index is 12.8. The second kappa shape index (κ2) is 63.9. The number of hydrogen-bond acceptors (Lipinski definition) is 6. The van der Waals surface area contributed by atoms with Crippen molar-refractivity contribution in [2.45, 2.75) is 316 Å². The van der Waals surface area contributed by atoms with Crippen LogP contribution in [0.2, 0.25) is 0 Å². The van der Waals surface area contributed by atoms with E-state index in [1.54, 1.807) is 0 Å². The molecule has 0 radical (unpaired) electrons. The van der Waals surface area contributed by atoms with E-state index in [9.17, 15) is 14.4 Å². The van der Waals surface area contributed by atoms with Crippen LogP contribution in [0.4, 0.5) is 0 Å². The zero-order chi connectivity index (χ0) is 55.0. The Morgan fingerprint density at radius 1 is 0.276 bits per heavy atom. The first kappa shape index (κ1) is 72.3. The minimum atomic E-state index is -0.780. The average molecular weight is 1060 g/mol. The summed E-state index contributed by atoms with van der Waals surface area (Å²) in [5.41, 5.74) is 0. The number of esters is 3. The number of unbranched alkanes of at least 4 members (excludes halogenated alkanes) is 31. The van der Waals surface area contributed by atoms with Gasteiger partial charge in [-0.1, -0.05) is 285 Å². The fourth-order valence-corrected chi connectivity index (χ4v) is 9.01. The molecule has 0 heterocycles. The average Bonchev–Trinajstić information content (AvgIpc) is 3.42. The molecule has 0 bridgehead atoms. The fourth-order valence-electron chi connectivity index (χ4n) is 9.01. The minimum Gasteiger partial charge on any atom is -0.462 e. The molecule has 0 spiro atoms. The van der Waals surface area contributed by atoms with Crippen molar-refractivity contribution in [2.75, 3.05) is 13.2 Å². The SMILES string of the molecule is CC/C=C\C/C=C\C/C=C\C/C=C\C/C=C\C/C=C\CCCCCCCCCCCCCCCCCCC(=O)OCC(COC(=O)CCCCCCCCCC)OC(=O)CCCCCCC/C=C\C/C=C\CCCCC. The number of carbonyl (C=O) groups is 3. The highest BCUT2D eigenvalue weighted by atomic mass is 16.6. The first-order valence-electron chi connectivity index (χ1n) is 32.2. The Balaban J connectivity index is 4.04. The molecule has 76 heavy (non-hydrogen) atoms. The first-order valence-corrected chi connectivity index (χ1v) is 32.2. The van der Waals surface area contributed by atoms with Crippen LogP contribution < -0.4 is 0 Å². The molecule has 0 saturated carbocycles. The second-order valence-corrected chi connectivity index (χ2v) is 21.3. The van der Waals surface area contributed by atoms with Gasteiger partial charge >= 0.3 is 17.9 Å². The Labute approximate surface area is 470 Å². The highest BCUT2D eigenvalue weighted by Gasteiger charge is 2.19. The molecule has 0 aliphatic carbocycles. The summed E-state index contributed by atoms with van der Waals surface area (Å²) >= 11 is 0. The number of ether oxygens (including phenoxy) is 3. The van der Waals surface area contributed by atoms with Crippen LogP contribution in [0.3, 0.4) is 0 Å². The third kappa shape index (κ3) is 61.2. The van der Waals surface area contributed by atoms with Gasteiger partial charge in [0.1, 0.15) is 13.2 Å². The molecule has 1 atom stereocenters. The van der Waals surface area contributed by atoms with Gasteiger partial charge in [0.2, 0.25) is 0 Å². The van der Waals surface area contributed by atoms with Crippen molar-refractivity contribution in [1.82, 2.24) is 0 Å². The van der Waals surface area contributed by atoms with Crippen molar-refractivity contribution in [1.29, 1.82) is 0 Å². The third-order valence-corrected chi connectivity index (χ3v) is 13.8. The van der Waals surface area contributed by atoms with Crippen molar-refractivity contribution in [2.24, 2.45) is 0 Å². The largest absolute Gasteiger partial charge is 0.462 e. The van der Waals surface area contributed by atoms with Gasteiger partial charge in [0.05, 0.1) is 0 Å². The maximum Gasteiger partial charge on any atom is 0.306 e. The summed E-state index contributed by atoms with van der Waals surface area (Å²) in [7, 11) is 0. The lowest BCUT2D eigenvalue weighted by molar-refractivity contribution is -0.167. The number of allylic oxidation sites excluding steroid dienone is 16. The van der Waals surface area contributed by atoms with Crippen molar-refractivity contribution >= 4 is 17.9 Å². The van der Waals surface area contributed by atoms with Gasteiger partial charge in [-0.15, -0.1) is 0 Å². The monoisotopic (exact) mass is 1060 g/mol. The lowest BCUT2D eigenvalue weighted by Gasteiger charge is -2.18. The Morgan fingerprint density at radius 2 is 0.513 bits per heavy atom. The smallest absolute Gasteiger partial charge is 0.306 e. The van der Waals surface area contributed by atoms with E-state index in [4.69, 9.17) is 14.2 Å². The number of rotatable bonds is 58. The van der Waals surface area contributed by atoms with Crippen molar-refractivity contribution < 1.29 is 28.6 Å². The molecule has 0 fully saturated rings. The van der Waals surface area contributed by atoms with Crippen molar-refractivity contribution in [3.63, 3.8) is 0 Å². The third-order valence-electron chi connectivity index (χ3n) is 13.8. The van der Waals surface area contributed by atoms with E-state index in [0.29, 0.717) is 19.3 Å². The summed E-state index contributed by atoms with van der Waals surface area (Å²) in [5.74, 6) is -0.888. The predicted molar refractivity (Wildman–Crippen MR) is 330 cm³/mol. The topological polar surface area (TPSA) is 78.9 Å². The van der Waals surface area contributed by atoms with Gasteiger partial charge in [-0.05, 0) is 103 Å². The van der Waals surface area contributed by atoms with E-state index in [1.165, 1.54) is 148 Å². The zero-order valence-electron chi connectivity index (χ0n) is 50.0. The van der Waals surface area contributed by atoms with Crippen molar-refractivity contribution in [3.8, 4) is 0 Å².